The van der Waals surface area contributed by atoms with Crippen molar-refractivity contribution in [3.05, 3.63) is 35.3 Å². The molecule has 0 amide bonds. The van der Waals surface area contributed by atoms with Gasteiger partial charge in [0.15, 0.2) is 0 Å². The quantitative estimate of drug-likeness (QED) is 0.918. The van der Waals surface area contributed by atoms with Gasteiger partial charge in [-0.25, -0.2) is 4.98 Å². The van der Waals surface area contributed by atoms with E-state index in [1.54, 1.807) is 0 Å². The minimum absolute atomic E-state index is 0.452. The Bertz CT molecular complexity index is 587. The van der Waals surface area contributed by atoms with Gasteiger partial charge in [-0.3, -0.25) is 0 Å². The van der Waals surface area contributed by atoms with Gasteiger partial charge in [-0.2, -0.15) is 0 Å². The molecule has 2 aromatic rings. The summed E-state index contributed by atoms with van der Waals surface area (Å²) >= 11 is 0. The van der Waals surface area contributed by atoms with Crippen molar-refractivity contribution in [2.75, 3.05) is 6.61 Å². The van der Waals surface area contributed by atoms with Gasteiger partial charge in [0.25, 0.3) is 0 Å². The van der Waals surface area contributed by atoms with Gasteiger partial charge in [0.05, 0.1) is 18.8 Å². The molecule has 0 spiro atoms. The van der Waals surface area contributed by atoms with Crippen LogP contribution in [-0.4, -0.2) is 16.2 Å². The molecule has 0 radical (unpaired) electrons. The molecule has 4 heteroatoms. The number of aromatic nitrogens is 2. The van der Waals surface area contributed by atoms with Crippen molar-refractivity contribution in [1.29, 1.82) is 0 Å². The Morgan fingerprint density at radius 1 is 1.32 bits per heavy atom. The normalized spacial score (nSPS) is 10.8. The third-order valence-corrected chi connectivity index (χ3v) is 3.40. The van der Waals surface area contributed by atoms with E-state index in [-0.39, 0.29) is 0 Å². The van der Waals surface area contributed by atoms with E-state index in [0.29, 0.717) is 13.2 Å². The smallest absolute Gasteiger partial charge is 0.123 e. The molecule has 102 valence electrons. The number of benzene rings is 1. The number of nitrogens with two attached hydrogens (primary N) is 1. The number of nitrogens with zero attached hydrogens (tertiary/aromatic N) is 2. The van der Waals surface area contributed by atoms with Crippen molar-refractivity contribution in [3.8, 4) is 17.0 Å². The highest BCUT2D eigenvalue weighted by Gasteiger charge is 2.12. The standard InChI is InChI=1S/C15H21N3O/c1-5-19-13-7-6-12(8-10(13)2)15-11(3)18(4)14(9-16)17-15/h6-8H,5,9,16H2,1-4H3. The second-order valence-corrected chi connectivity index (χ2v) is 4.64. The van der Waals surface area contributed by atoms with Crippen LogP contribution in [0.4, 0.5) is 0 Å². The summed E-state index contributed by atoms with van der Waals surface area (Å²) in [6.45, 7) is 7.24. The largest absolute Gasteiger partial charge is 0.494 e. The highest BCUT2D eigenvalue weighted by molar-refractivity contribution is 5.64. The minimum Gasteiger partial charge on any atom is -0.494 e. The van der Waals surface area contributed by atoms with E-state index in [1.165, 1.54) is 0 Å². The summed E-state index contributed by atoms with van der Waals surface area (Å²) in [6, 6.07) is 6.17. The molecule has 0 fully saturated rings. The van der Waals surface area contributed by atoms with Crippen LogP contribution < -0.4 is 10.5 Å². The molecule has 19 heavy (non-hydrogen) atoms. The minimum atomic E-state index is 0.452. The predicted octanol–water partition coefficient (Wildman–Crippen LogP) is 2.56. The van der Waals surface area contributed by atoms with Crippen LogP contribution >= 0.6 is 0 Å². The Hall–Kier alpha value is -1.81. The second kappa shape index (κ2) is 5.45. The van der Waals surface area contributed by atoms with E-state index in [4.69, 9.17) is 10.5 Å². The molecule has 0 unspecified atom stereocenters. The first-order valence-corrected chi connectivity index (χ1v) is 6.54. The fourth-order valence-electron chi connectivity index (χ4n) is 2.21. The summed E-state index contributed by atoms with van der Waals surface area (Å²) in [4.78, 5) is 4.61. The molecule has 4 nitrogen and oxygen atoms in total. The summed E-state index contributed by atoms with van der Waals surface area (Å²) < 4.78 is 7.61. The Morgan fingerprint density at radius 3 is 2.58 bits per heavy atom. The van der Waals surface area contributed by atoms with Crippen LogP contribution in [0.25, 0.3) is 11.3 Å². The van der Waals surface area contributed by atoms with Crippen LogP contribution in [0.5, 0.6) is 5.75 Å². The molecule has 1 heterocycles. The Morgan fingerprint density at radius 2 is 2.05 bits per heavy atom. The zero-order valence-electron chi connectivity index (χ0n) is 12.0. The lowest BCUT2D eigenvalue weighted by atomic mass is 10.1. The van der Waals surface area contributed by atoms with Crippen LogP contribution in [0.2, 0.25) is 0 Å². The second-order valence-electron chi connectivity index (χ2n) is 4.64. The summed E-state index contributed by atoms with van der Waals surface area (Å²) in [5, 5.41) is 0. The fraction of sp³-hybridized carbons (Fsp3) is 0.400. The van der Waals surface area contributed by atoms with Crippen molar-refractivity contribution in [3.63, 3.8) is 0 Å². The summed E-state index contributed by atoms with van der Waals surface area (Å²) in [7, 11) is 2.00. The van der Waals surface area contributed by atoms with E-state index in [0.717, 1.165) is 34.1 Å². The monoisotopic (exact) mass is 259 g/mol. The molecule has 2 N–H and O–H groups in total. The maximum Gasteiger partial charge on any atom is 0.123 e. The maximum absolute atomic E-state index is 5.70. The Labute approximate surface area is 114 Å². The Balaban J connectivity index is 2.45. The van der Waals surface area contributed by atoms with Gasteiger partial charge in [0.2, 0.25) is 0 Å². The third-order valence-electron chi connectivity index (χ3n) is 3.40. The van der Waals surface area contributed by atoms with Crippen LogP contribution in [0, 0.1) is 13.8 Å². The highest BCUT2D eigenvalue weighted by atomic mass is 16.5. The van der Waals surface area contributed by atoms with Crippen molar-refractivity contribution in [2.24, 2.45) is 12.8 Å². The first kappa shape index (κ1) is 13.6. The van der Waals surface area contributed by atoms with E-state index in [1.807, 2.05) is 30.7 Å². The molecular weight excluding hydrogens is 238 g/mol. The van der Waals surface area contributed by atoms with Crippen molar-refractivity contribution in [2.45, 2.75) is 27.3 Å². The zero-order chi connectivity index (χ0) is 14.0. The first-order valence-electron chi connectivity index (χ1n) is 6.54. The first-order chi connectivity index (χ1) is 9.08. The van der Waals surface area contributed by atoms with Crippen molar-refractivity contribution >= 4 is 0 Å². The SMILES string of the molecule is CCOc1ccc(-c2nc(CN)n(C)c2C)cc1C. The van der Waals surface area contributed by atoms with E-state index in [9.17, 15) is 0 Å². The number of imidazole rings is 1. The van der Waals surface area contributed by atoms with Gasteiger partial charge < -0.3 is 15.0 Å². The lowest BCUT2D eigenvalue weighted by Crippen LogP contribution is -2.05. The molecule has 2 rings (SSSR count). The lowest BCUT2D eigenvalue weighted by molar-refractivity contribution is 0.338. The van der Waals surface area contributed by atoms with Crippen LogP contribution in [0.15, 0.2) is 18.2 Å². The number of rotatable bonds is 4. The molecule has 1 aromatic heterocycles. The molecule has 0 saturated carbocycles. The van der Waals surface area contributed by atoms with Gasteiger partial charge in [-0.05, 0) is 44.5 Å². The maximum atomic E-state index is 5.70. The number of hydrogen-bond donors (Lipinski definition) is 1. The summed E-state index contributed by atoms with van der Waals surface area (Å²) in [5.41, 5.74) is 10.1. The molecule has 0 atom stereocenters. The fourth-order valence-corrected chi connectivity index (χ4v) is 2.21. The predicted molar refractivity (Wildman–Crippen MR) is 77.2 cm³/mol. The van der Waals surface area contributed by atoms with Gasteiger partial charge in [-0.1, -0.05) is 0 Å². The van der Waals surface area contributed by atoms with E-state index >= 15 is 0 Å². The average Bonchev–Trinajstić information content (AvgIpc) is 2.69. The summed E-state index contributed by atoms with van der Waals surface area (Å²) in [5.74, 6) is 1.83. The van der Waals surface area contributed by atoms with Crippen molar-refractivity contribution in [1.82, 2.24) is 9.55 Å². The van der Waals surface area contributed by atoms with Gasteiger partial charge in [-0.15, -0.1) is 0 Å². The molecule has 0 saturated heterocycles. The van der Waals surface area contributed by atoms with Crippen molar-refractivity contribution < 1.29 is 4.74 Å². The number of aryl methyl sites for hydroxylation is 1. The molecule has 0 aliphatic heterocycles. The van der Waals surface area contributed by atoms with Crippen LogP contribution in [0.3, 0.4) is 0 Å². The van der Waals surface area contributed by atoms with Crippen LogP contribution in [0.1, 0.15) is 24.0 Å². The van der Waals surface area contributed by atoms with Crippen LogP contribution in [-0.2, 0) is 13.6 Å². The van der Waals surface area contributed by atoms with Gasteiger partial charge in [0, 0.05) is 18.3 Å². The Kier molecular flexibility index (Phi) is 3.90. The highest BCUT2D eigenvalue weighted by Crippen LogP contribution is 2.28. The molecule has 0 bridgehead atoms. The summed E-state index contributed by atoms with van der Waals surface area (Å²) in [6.07, 6.45) is 0. The van der Waals surface area contributed by atoms with Gasteiger partial charge >= 0.3 is 0 Å². The molecule has 1 aromatic carbocycles. The number of ether oxygens (including phenoxy) is 1. The number of hydrogen-bond acceptors (Lipinski definition) is 3. The molecule has 0 aliphatic carbocycles. The molecule has 0 aliphatic rings. The lowest BCUT2D eigenvalue weighted by Gasteiger charge is -2.08. The third kappa shape index (κ3) is 2.49. The zero-order valence-corrected chi connectivity index (χ0v) is 12.0. The van der Waals surface area contributed by atoms with E-state index < -0.39 is 0 Å². The average molecular weight is 259 g/mol. The molecular formula is C15H21N3O. The topological polar surface area (TPSA) is 53.1 Å². The van der Waals surface area contributed by atoms with Gasteiger partial charge in [0.1, 0.15) is 11.6 Å². The van der Waals surface area contributed by atoms with E-state index in [2.05, 4.69) is 24.9 Å².